The lowest BCUT2D eigenvalue weighted by Crippen LogP contribution is -2.37. The van der Waals surface area contributed by atoms with Gasteiger partial charge in [0.15, 0.2) is 5.71 Å². The molecule has 0 radical (unpaired) electrons. The summed E-state index contributed by atoms with van der Waals surface area (Å²) in [6.45, 7) is 4.85. The number of nitrogens with zero attached hydrogens (tertiary/aromatic N) is 1. The number of nitrogens with one attached hydrogen (secondary N) is 1. The van der Waals surface area contributed by atoms with E-state index in [9.17, 15) is 9.59 Å². The van der Waals surface area contributed by atoms with Gasteiger partial charge >= 0.3 is 5.97 Å². The lowest BCUT2D eigenvalue weighted by atomic mass is 10.2. The molecule has 1 rings (SSSR count). The van der Waals surface area contributed by atoms with Gasteiger partial charge in [0.1, 0.15) is 0 Å². The van der Waals surface area contributed by atoms with Crippen LogP contribution in [0.1, 0.15) is 12.8 Å². The van der Waals surface area contributed by atoms with E-state index < -0.39 is 12.1 Å². The van der Waals surface area contributed by atoms with Crippen LogP contribution >= 0.6 is 0 Å². The van der Waals surface area contributed by atoms with E-state index in [1.54, 1.807) is 6.08 Å². The molecule has 0 aliphatic carbocycles. The van der Waals surface area contributed by atoms with Gasteiger partial charge in [-0.2, -0.15) is 0 Å². The molecule has 1 atom stereocenters. The molecule has 7 nitrogen and oxygen atoms in total. The van der Waals surface area contributed by atoms with Crippen LogP contribution < -0.4 is 5.32 Å². The van der Waals surface area contributed by atoms with Crippen LogP contribution in [-0.4, -0.2) is 48.6 Å². The smallest absolute Gasteiger partial charge is 0.353 e. The molecule has 1 aliphatic heterocycles. The number of amides is 1. The van der Waals surface area contributed by atoms with Crippen molar-refractivity contribution in [2.45, 2.75) is 18.9 Å². The van der Waals surface area contributed by atoms with E-state index in [4.69, 9.17) is 14.7 Å². The van der Waals surface area contributed by atoms with E-state index in [0.29, 0.717) is 19.8 Å². The molecule has 0 aromatic carbocycles. The van der Waals surface area contributed by atoms with Crippen molar-refractivity contribution in [3.05, 3.63) is 12.7 Å². The molecule has 0 spiro atoms. The highest BCUT2D eigenvalue weighted by molar-refractivity contribution is 6.36. The lowest BCUT2D eigenvalue weighted by molar-refractivity contribution is -0.131. The topological polar surface area (TPSA) is 97.2 Å². The predicted molar refractivity (Wildman–Crippen MR) is 63.2 cm³/mol. The Kier molecular flexibility index (Phi) is 5.86. The number of carbonyl (C=O) groups excluding carboxylic acids is 1. The summed E-state index contributed by atoms with van der Waals surface area (Å²) in [5.41, 5.74) is -0.141. The molecule has 100 valence electrons. The highest BCUT2D eigenvalue weighted by atomic mass is 16.6. The molecule has 0 aromatic rings. The quantitative estimate of drug-likeness (QED) is 0.468. The standard InChI is InChI=1S/C11H16N2O5/c1-2-3-5-17-6-4-12-10(14)9-7-8(11(15)16)13-18-9/h2,9H,1,3-7H2,(H,12,14)(H,15,16). The Labute approximate surface area is 104 Å². The first-order valence-electron chi connectivity index (χ1n) is 5.57. The van der Waals surface area contributed by atoms with E-state index in [1.165, 1.54) is 0 Å². The van der Waals surface area contributed by atoms with Gasteiger partial charge in [0.2, 0.25) is 6.10 Å². The van der Waals surface area contributed by atoms with Crippen molar-refractivity contribution in [3.8, 4) is 0 Å². The van der Waals surface area contributed by atoms with Gasteiger partial charge in [0.05, 0.1) is 13.2 Å². The average Bonchev–Trinajstić information content (AvgIpc) is 2.83. The van der Waals surface area contributed by atoms with Gasteiger partial charge < -0.3 is 20.0 Å². The Morgan fingerprint density at radius 2 is 2.39 bits per heavy atom. The Balaban J connectivity index is 2.12. The van der Waals surface area contributed by atoms with Crippen molar-refractivity contribution in [2.24, 2.45) is 5.16 Å². The number of hydrogen-bond donors (Lipinski definition) is 2. The third kappa shape index (κ3) is 4.54. The maximum absolute atomic E-state index is 11.5. The zero-order valence-corrected chi connectivity index (χ0v) is 9.92. The molecule has 1 aliphatic rings. The predicted octanol–water partition coefficient (Wildman–Crippen LogP) is -0.0752. The maximum Gasteiger partial charge on any atom is 0.353 e. The van der Waals surface area contributed by atoms with Crippen molar-refractivity contribution in [3.63, 3.8) is 0 Å². The highest BCUT2D eigenvalue weighted by Crippen LogP contribution is 2.10. The zero-order valence-electron chi connectivity index (χ0n) is 9.92. The van der Waals surface area contributed by atoms with Crippen LogP contribution in [0.4, 0.5) is 0 Å². The summed E-state index contributed by atoms with van der Waals surface area (Å²) in [6.07, 6.45) is 1.63. The number of ether oxygens (including phenoxy) is 1. The molecule has 1 heterocycles. The summed E-state index contributed by atoms with van der Waals surface area (Å²) in [7, 11) is 0. The number of aliphatic carboxylic acids is 1. The van der Waals surface area contributed by atoms with Crippen LogP contribution in [0.3, 0.4) is 0 Å². The van der Waals surface area contributed by atoms with E-state index in [2.05, 4.69) is 17.1 Å². The monoisotopic (exact) mass is 256 g/mol. The lowest BCUT2D eigenvalue weighted by Gasteiger charge is -2.09. The van der Waals surface area contributed by atoms with Gasteiger partial charge in [0, 0.05) is 13.0 Å². The van der Waals surface area contributed by atoms with Crippen LogP contribution in [0.15, 0.2) is 17.8 Å². The third-order valence-corrected chi connectivity index (χ3v) is 2.22. The van der Waals surface area contributed by atoms with Gasteiger partial charge in [-0.25, -0.2) is 4.79 Å². The molecule has 1 amide bonds. The van der Waals surface area contributed by atoms with Crippen molar-refractivity contribution < 1.29 is 24.3 Å². The molecule has 0 aromatic heterocycles. The zero-order chi connectivity index (χ0) is 13.4. The van der Waals surface area contributed by atoms with Gasteiger partial charge in [-0.05, 0) is 6.42 Å². The van der Waals surface area contributed by atoms with E-state index >= 15 is 0 Å². The summed E-state index contributed by atoms with van der Waals surface area (Å²) < 4.78 is 5.20. The van der Waals surface area contributed by atoms with Gasteiger partial charge in [-0.1, -0.05) is 11.2 Å². The van der Waals surface area contributed by atoms with Gasteiger partial charge in [0.25, 0.3) is 5.91 Å². The molecular formula is C11H16N2O5. The molecule has 0 saturated heterocycles. The average molecular weight is 256 g/mol. The third-order valence-electron chi connectivity index (χ3n) is 2.22. The minimum atomic E-state index is -1.17. The summed E-state index contributed by atoms with van der Waals surface area (Å²) in [5.74, 6) is -1.56. The van der Waals surface area contributed by atoms with E-state index in [1.807, 2.05) is 0 Å². The number of carboxylic acids is 1. The molecule has 0 fully saturated rings. The SMILES string of the molecule is C=CCCOCCNC(=O)C1CC(C(=O)O)=NO1. The molecular weight excluding hydrogens is 240 g/mol. The van der Waals surface area contributed by atoms with Gasteiger partial charge in [-0.15, -0.1) is 6.58 Å². The van der Waals surface area contributed by atoms with Crippen LogP contribution in [-0.2, 0) is 19.2 Å². The Hall–Kier alpha value is -1.89. The highest BCUT2D eigenvalue weighted by Gasteiger charge is 2.31. The van der Waals surface area contributed by atoms with Crippen LogP contribution in [0.5, 0.6) is 0 Å². The van der Waals surface area contributed by atoms with E-state index in [-0.39, 0.29) is 18.0 Å². The summed E-state index contributed by atoms with van der Waals surface area (Å²) >= 11 is 0. The van der Waals surface area contributed by atoms with Crippen LogP contribution in [0.2, 0.25) is 0 Å². The second kappa shape index (κ2) is 7.44. The number of hydrogen-bond acceptors (Lipinski definition) is 5. The molecule has 18 heavy (non-hydrogen) atoms. The van der Waals surface area contributed by atoms with Crippen LogP contribution in [0, 0.1) is 0 Å². The van der Waals surface area contributed by atoms with Crippen LogP contribution in [0.25, 0.3) is 0 Å². The molecule has 2 N–H and O–H groups in total. The van der Waals surface area contributed by atoms with E-state index in [0.717, 1.165) is 6.42 Å². The Bertz CT molecular complexity index is 353. The summed E-state index contributed by atoms with van der Waals surface area (Å²) in [5, 5.41) is 14.5. The summed E-state index contributed by atoms with van der Waals surface area (Å²) in [4.78, 5) is 26.8. The normalized spacial score (nSPS) is 17.8. The number of carboxylic acid groups (broad SMARTS) is 1. The largest absolute Gasteiger partial charge is 0.477 e. The minimum Gasteiger partial charge on any atom is -0.477 e. The molecule has 0 bridgehead atoms. The van der Waals surface area contributed by atoms with Crippen molar-refractivity contribution in [1.82, 2.24) is 5.32 Å². The fraction of sp³-hybridized carbons (Fsp3) is 0.545. The van der Waals surface area contributed by atoms with Gasteiger partial charge in [-0.3, -0.25) is 4.79 Å². The Morgan fingerprint density at radius 1 is 1.61 bits per heavy atom. The minimum absolute atomic E-state index is 0.0154. The number of carbonyl (C=O) groups is 2. The fourth-order valence-corrected chi connectivity index (χ4v) is 1.27. The molecule has 0 saturated carbocycles. The second-order valence-electron chi connectivity index (χ2n) is 3.62. The first kappa shape index (κ1) is 14.2. The first-order valence-corrected chi connectivity index (χ1v) is 5.57. The van der Waals surface area contributed by atoms with Crippen molar-refractivity contribution >= 4 is 17.6 Å². The summed E-state index contributed by atoms with van der Waals surface area (Å²) in [6, 6.07) is 0. The molecule has 7 heteroatoms. The maximum atomic E-state index is 11.5. The van der Waals surface area contributed by atoms with Crippen molar-refractivity contribution in [1.29, 1.82) is 0 Å². The fourth-order valence-electron chi connectivity index (χ4n) is 1.27. The molecule has 1 unspecified atom stereocenters. The van der Waals surface area contributed by atoms with Crippen molar-refractivity contribution in [2.75, 3.05) is 19.8 Å². The number of rotatable bonds is 8. The number of oxime groups is 1. The Morgan fingerprint density at radius 3 is 3.00 bits per heavy atom. The first-order chi connectivity index (χ1) is 8.65. The second-order valence-corrected chi connectivity index (χ2v) is 3.62.